The molecule has 0 aromatic heterocycles. The maximum absolute atomic E-state index is 13.2. The van der Waals surface area contributed by atoms with Gasteiger partial charge in [-0.3, -0.25) is 4.79 Å². The molecule has 27 heavy (non-hydrogen) atoms. The highest BCUT2D eigenvalue weighted by Gasteiger charge is 2.38. The van der Waals surface area contributed by atoms with Crippen molar-refractivity contribution in [3.8, 4) is 5.75 Å². The molecule has 1 aliphatic heterocycles. The van der Waals surface area contributed by atoms with E-state index in [9.17, 15) is 9.18 Å². The molecule has 0 bridgehead atoms. The van der Waals surface area contributed by atoms with Crippen molar-refractivity contribution in [2.45, 2.75) is 31.5 Å². The Kier molecular flexibility index (Phi) is 6.02. The highest BCUT2D eigenvalue weighted by Crippen LogP contribution is 2.36. The van der Waals surface area contributed by atoms with Crippen LogP contribution in [-0.2, 0) is 15.1 Å². The van der Waals surface area contributed by atoms with Crippen LogP contribution in [0.1, 0.15) is 25.3 Å². The number of piperidine rings is 1. The van der Waals surface area contributed by atoms with E-state index in [-0.39, 0.29) is 16.5 Å². The quantitative estimate of drug-likeness (QED) is 0.757. The molecule has 144 valence electrons. The Labute approximate surface area is 163 Å². The van der Waals surface area contributed by atoms with Crippen molar-refractivity contribution < 1.29 is 18.7 Å². The number of carbonyl (C=O) groups is 1. The topological polar surface area (TPSA) is 38.8 Å². The fourth-order valence-electron chi connectivity index (χ4n) is 3.51. The zero-order valence-electron chi connectivity index (χ0n) is 15.5. The van der Waals surface area contributed by atoms with Gasteiger partial charge in [-0.1, -0.05) is 41.9 Å². The van der Waals surface area contributed by atoms with Crippen LogP contribution in [0, 0.1) is 5.82 Å². The van der Waals surface area contributed by atoms with E-state index in [0.717, 1.165) is 5.56 Å². The van der Waals surface area contributed by atoms with Crippen molar-refractivity contribution in [3.63, 3.8) is 0 Å². The third-order valence-corrected chi connectivity index (χ3v) is 5.41. The maximum atomic E-state index is 13.2. The molecule has 0 radical (unpaired) electrons. The molecule has 4 nitrogen and oxygen atoms in total. The van der Waals surface area contributed by atoms with Gasteiger partial charge in [-0.15, -0.1) is 0 Å². The molecular formula is C21H23ClFNO3. The van der Waals surface area contributed by atoms with Gasteiger partial charge in [-0.25, -0.2) is 4.39 Å². The first-order valence-corrected chi connectivity index (χ1v) is 9.34. The lowest BCUT2D eigenvalue weighted by Crippen LogP contribution is -2.49. The fourth-order valence-corrected chi connectivity index (χ4v) is 3.72. The van der Waals surface area contributed by atoms with Crippen LogP contribution in [0.4, 0.5) is 4.39 Å². The normalized spacial score (nSPS) is 17.4. The van der Waals surface area contributed by atoms with Crippen molar-refractivity contribution in [2.75, 3.05) is 20.2 Å². The van der Waals surface area contributed by atoms with Gasteiger partial charge in [0.05, 0.1) is 10.6 Å². The van der Waals surface area contributed by atoms with E-state index >= 15 is 0 Å². The maximum Gasteiger partial charge on any atom is 0.263 e. The van der Waals surface area contributed by atoms with Crippen molar-refractivity contribution >= 4 is 17.5 Å². The Bertz CT molecular complexity index is 791. The zero-order valence-corrected chi connectivity index (χ0v) is 16.2. The smallest absolute Gasteiger partial charge is 0.263 e. The molecule has 2 aromatic carbocycles. The van der Waals surface area contributed by atoms with Gasteiger partial charge in [0.15, 0.2) is 6.10 Å². The SMILES string of the molecule is COC1(c2ccccc2)CCN(C(=O)C(C)Oc2ccc(F)cc2Cl)CC1. The summed E-state index contributed by atoms with van der Waals surface area (Å²) in [5, 5.41) is 0.149. The molecule has 1 atom stereocenters. The van der Waals surface area contributed by atoms with Gasteiger partial charge in [0.1, 0.15) is 11.6 Å². The molecule has 6 heteroatoms. The molecule has 1 fully saturated rings. The van der Waals surface area contributed by atoms with Crippen molar-refractivity contribution in [1.82, 2.24) is 4.90 Å². The summed E-state index contributed by atoms with van der Waals surface area (Å²) in [6.45, 7) is 2.83. The Balaban J connectivity index is 1.64. The van der Waals surface area contributed by atoms with Crippen molar-refractivity contribution in [3.05, 3.63) is 64.9 Å². The molecule has 1 amide bonds. The molecule has 3 rings (SSSR count). The number of likely N-dealkylation sites (tertiary alicyclic amines) is 1. The molecule has 0 aliphatic carbocycles. The Morgan fingerprint density at radius 1 is 1.19 bits per heavy atom. The van der Waals surface area contributed by atoms with Crippen molar-refractivity contribution in [2.24, 2.45) is 0 Å². The first kappa shape index (κ1) is 19.6. The number of methoxy groups -OCH3 is 1. The average molecular weight is 392 g/mol. The van der Waals surface area contributed by atoms with Crippen LogP contribution in [-0.4, -0.2) is 37.1 Å². The molecule has 0 saturated carbocycles. The van der Waals surface area contributed by atoms with Gasteiger partial charge in [0.2, 0.25) is 0 Å². The third-order valence-electron chi connectivity index (χ3n) is 5.12. The van der Waals surface area contributed by atoms with E-state index in [0.29, 0.717) is 31.7 Å². The van der Waals surface area contributed by atoms with Gasteiger partial charge in [0, 0.05) is 20.2 Å². The lowest BCUT2D eigenvalue weighted by Gasteiger charge is -2.41. The van der Waals surface area contributed by atoms with E-state index in [1.54, 1.807) is 18.9 Å². The number of carbonyl (C=O) groups excluding carboxylic acids is 1. The second-order valence-electron chi connectivity index (χ2n) is 6.72. The first-order valence-electron chi connectivity index (χ1n) is 8.96. The number of rotatable bonds is 5. The number of benzene rings is 2. The van der Waals surface area contributed by atoms with Gasteiger partial charge in [-0.05, 0) is 43.5 Å². The summed E-state index contributed by atoms with van der Waals surface area (Å²) >= 11 is 5.98. The molecular weight excluding hydrogens is 369 g/mol. The Hall–Kier alpha value is -2.11. The summed E-state index contributed by atoms with van der Waals surface area (Å²) in [7, 11) is 1.72. The summed E-state index contributed by atoms with van der Waals surface area (Å²) in [5.41, 5.74) is 0.754. The summed E-state index contributed by atoms with van der Waals surface area (Å²) in [6.07, 6.45) is 0.715. The standard InChI is InChI=1S/C21H23ClFNO3/c1-15(27-19-9-8-17(23)14-18(19)22)20(25)24-12-10-21(26-2,11-13-24)16-6-4-3-5-7-16/h3-9,14-15H,10-13H2,1-2H3. The van der Waals surface area contributed by atoms with Crippen LogP contribution in [0.15, 0.2) is 48.5 Å². The molecule has 1 heterocycles. The summed E-state index contributed by atoms with van der Waals surface area (Å²) in [6, 6.07) is 13.9. The predicted molar refractivity (Wildman–Crippen MR) is 102 cm³/mol. The Morgan fingerprint density at radius 2 is 1.85 bits per heavy atom. The molecule has 0 spiro atoms. The summed E-state index contributed by atoms with van der Waals surface area (Å²) in [4.78, 5) is 14.5. The van der Waals surface area contributed by atoms with Gasteiger partial charge in [-0.2, -0.15) is 0 Å². The highest BCUT2D eigenvalue weighted by atomic mass is 35.5. The molecule has 1 saturated heterocycles. The summed E-state index contributed by atoms with van der Waals surface area (Å²) < 4.78 is 24.7. The van der Waals surface area contributed by atoms with Crippen LogP contribution >= 0.6 is 11.6 Å². The average Bonchev–Trinajstić information content (AvgIpc) is 2.70. The summed E-state index contributed by atoms with van der Waals surface area (Å²) in [5.74, 6) is -0.265. The number of hydrogen-bond donors (Lipinski definition) is 0. The van der Waals surface area contributed by atoms with E-state index in [4.69, 9.17) is 21.1 Å². The van der Waals surface area contributed by atoms with Crippen molar-refractivity contribution in [1.29, 1.82) is 0 Å². The van der Waals surface area contributed by atoms with Crippen LogP contribution < -0.4 is 4.74 Å². The van der Waals surface area contributed by atoms with Gasteiger partial charge in [0.25, 0.3) is 5.91 Å². The van der Waals surface area contributed by atoms with E-state index in [2.05, 4.69) is 12.1 Å². The minimum atomic E-state index is -0.709. The number of nitrogens with zero attached hydrogens (tertiary/aromatic N) is 1. The molecule has 1 aliphatic rings. The van der Waals surface area contributed by atoms with Gasteiger partial charge < -0.3 is 14.4 Å². The third kappa shape index (κ3) is 4.25. The minimum absolute atomic E-state index is 0.117. The number of ether oxygens (including phenoxy) is 2. The first-order chi connectivity index (χ1) is 12.9. The predicted octanol–water partition coefficient (Wildman–Crippen LogP) is 4.41. The fraction of sp³-hybridized carbons (Fsp3) is 0.381. The molecule has 1 unspecified atom stereocenters. The molecule has 2 aromatic rings. The van der Waals surface area contributed by atoms with Gasteiger partial charge >= 0.3 is 0 Å². The monoisotopic (exact) mass is 391 g/mol. The van der Waals surface area contributed by atoms with E-state index < -0.39 is 11.9 Å². The minimum Gasteiger partial charge on any atom is -0.479 e. The van der Waals surface area contributed by atoms with Crippen LogP contribution in [0.25, 0.3) is 0 Å². The number of halogens is 2. The zero-order chi connectivity index (χ0) is 19.4. The number of hydrogen-bond acceptors (Lipinski definition) is 3. The largest absolute Gasteiger partial charge is 0.479 e. The number of amides is 1. The van der Waals surface area contributed by atoms with Crippen LogP contribution in [0.3, 0.4) is 0 Å². The highest BCUT2D eigenvalue weighted by molar-refractivity contribution is 6.32. The lowest BCUT2D eigenvalue weighted by molar-refractivity contribution is -0.144. The second kappa shape index (κ2) is 8.28. The lowest BCUT2D eigenvalue weighted by atomic mass is 9.84. The Morgan fingerprint density at radius 3 is 2.44 bits per heavy atom. The van der Waals surface area contributed by atoms with Crippen LogP contribution in [0.2, 0.25) is 5.02 Å². The molecule has 0 N–H and O–H groups in total. The van der Waals surface area contributed by atoms with E-state index in [1.165, 1.54) is 18.2 Å². The second-order valence-corrected chi connectivity index (χ2v) is 7.13. The van der Waals surface area contributed by atoms with E-state index in [1.807, 2.05) is 18.2 Å². The van der Waals surface area contributed by atoms with Crippen LogP contribution in [0.5, 0.6) is 5.75 Å².